The Morgan fingerprint density at radius 2 is 0.623 bits per heavy atom. The molecule has 0 aliphatic carbocycles. The smallest absolute Gasteiger partial charge is 0.306 e. The van der Waals surface area contributed by atoms with Gasteiger partial charge in [0.15, 0.2) is 0 Å². The van der Waals surface area contributed by atoms with Gasteiger partial charge in [0, 0.05) is 30.8 Å². The maximum Gasteiger partial charge on any atom is 0.306 e. The predicted molar refractivity (Wildman–Crippen MR) is 437 cm³/mol. The lowest BCUT2D eigenvalue weighted by molar-refractivity contribution is -0.157. The van der Waals surface area contributed by atoms with Gasteiger partial charge in [0.2, 0.25) is 35.4 Å². The Balaban J connectivity index is 0. The molecule has 0 saturated heterocycles. The molecular formula is C83H162N10O12S. The number of aliphatic hydroxyl groups is 1. The van der Waals surface area contributed by atoms with Crippen molar-refractivity contribution in [3.05, 3.63) is 0 Å². The van der Waals surface area contributed by atoms with Crippen LogP contribution in [0.15, 0.2) is 0 Å². The Labute approximate surface area is 649 Å². The molecule has 23 heteroatoms. The molecule has 6 amide bonds. The van der Waals surface area contributed by atoms with E-state index in [2.05, 4.69) is 66.5 Å². The van der Waals surface area contributed by atoms with Gasteiger partial charge in [-0.25, -0.2) is 0 Å². The fourth-order valence-corrected chi connectivity index (χ4v) is 13.6. The van der Waals surface area contributed by atoms with Crippen LogP contribution in [0.3, 0.4) is 0 Å². The van der Waals surface area contributed by atoms with Gasteiger partial charge in [-0.05, 0) is 122 Å². The van der Waals surface area contributed by atoms with Crippen LogP contribution < -0.4 is 54.8 Å². The van der Waals surface area contributed by atoms with E-state index < -0.39 is 84.5 Å². The summed E-state index contributed by atoms with van der Waals surface area (Å²) in [7, 11) is 0. The van der Waals surface area contributed by atoms with E-state index in [9.17, 15) is 48.3 Å². The van der Waals surface area contributed by atoms with E-state index in [1.165, 1.54) is 166 Å². The summed E-state index contributed by atoms with van der Waals surface area (Å²) in [5.74, 6) is -4.81. The number of nitrogens with one attached hydrogen (secondary N) is 6. The number of thioether (sulfide) groups is 1. The molecule has 0 aliphatic heterocycles. The maximum atomic E-state index is 14.4. The Bertz CT molecular complexity index is 2120. The number of carbonyl (C=O) groups excluding carboxylic acids is 9. The van der Waals surface area contributed by atoms with Crippen LogP contribution in [0.1, 0.15) is 381 Å². The topological polar surface area (TPSA) is 369 Å². The number of esters is 2. The summed E-state index contributed by atoms with van der Waals surface area (Å²) in [5, 5.41) is 27.1. The zero-order valence-corrected chi connectivity index (χ0v) is 68.9. The summed E-state index contributed by atoms with van der Waals surface area (Å²) in [4.78, 5) is 123. The first-order valence-corrected chi connectivity index (χ1v) is 44.4. The molecular weight excluding hydrogens is 1360 g/mol. The minimum Gasteiger partial charge on any atom is -0.462 e. The summed E-state index contributed by atoms with van der Waals surface area (Å²) in [6.07, 6.45) is 51.0. The van der Waals surface area contributed by atoms with Gasteiger partial charge >= 0.3 is 11.9 Å². The van der Waals surface area contributed by atoms with E-state index in [0.29, 0.717) is 103 Å². The van der Waals surface area contributed by atoms with Crippen LogP contribution in [0.5, 0.6) is 0 Å². The summed E-state index contributed by atoms with van der Waals surface area (Å²) < 4.78 is 11.7. The average Bonchev–Trinajstić information content (AvgIpc) is 0.865. The number of nitrogens with two attached hydrogens (primary N) is 4. The second kappa shape index (κ2) is 78.7. The molecule has 0 bridgehead atoms. The first-order valence-electron chi connectivity index (χ1n) is 43.2. The van der Waals surface area contributed by atoms with Crippen LogP contribution in [0, 0.1) is 0 Å². The van der Waals surface area contributed by atoms with Crippen LogP contribution >= 0.6 is 11.8 Å². The van der Waals surface area contributed by atoms with Crippen LogP contribution in [-0.4, -0.2) is 152 Å². The van der Waals surface area contributed by atoms with E-state index in [0.717, 1.165) is 77.0 Å². The highest BCUT2D eigenvalue weighted by Crippen LogP contribution is 2.19. The summed E-state index contributed by atoms with van der Waals surface area (Å²) in [5.41, 5.74) is 23.1. The van der Waals surface area contributed by atoms with E-state index in [-0.39, 0.29) is 75.1 Å². The number of hydrogen-bond acceptors (Lipinski definition) is 17. The molecule has 0 fully saturated rings. The van der Waals surface area contributed by atoms with Crippen molar-refractivity contribution in [3.8, 4) is 0 Å². The summed E-state index contributed by atoms with van der Waals surface area (Å²) in [6.45, 7) is 11.4. The third-order valence-corrected chi connectivity index (χ3v) is 20.6. The fourth-order valence-electron chi connectivity index (χ4n) is 12.6. The average molecular weight is 1520 g/mol. The number of ether oxygens (including phenoxy) is 2. The Hall–Kier alpha value is -4.42. The minimum absolute atomic E-state index is 0.0477. The molecule has 0 rings (SSSR count). The fraction of sp³-hybridized carbons (Fsp3) is 0.892. The molecule has 0 aromatic heterocycles. The number of amides is 6. The van der Waals surface area contributed by atoms with Crippen molar-refractivity contribution in [3.63, 3.8) is 0 Å². The van der Waals surface area contributed by atoms with Crippen LogP contribution in [0.25, 0.3) is 0 Å². The van der Waals surface area contributed by atoms with Crippen molar-refractivity contribution >= 4 is 65.4 Å². The number of rotatable bonds is 77. The van der Waals surface area contributed by atoms with Gasteiger partial charge in [0.25, 0.3) is 0 Å². The van der Waals surface area contributed by atoms with Gasteiger partial charge < -0.3 is 74.2 Å². The van der Waals surface area contributed by atoms with E-state index in [1.807, 2.05) is 0 Å². The van der Waals surface area contributed by atoms with Crippen molar-refractivity contribution in [1.82, 2.24) is 31.9 Å². The van der Waals surface area contributed by atoms with Crippen molar-refractivity contribution < 1.29 is 57.7 Å². The SMILES string of the molecule is CCCCCCCC.CCCCCCCCCCCCCCCC(=O)OC[C@H](CSC[C@H](NC(=O)CCCCCCCCC)C(=O)N[C@@H](CO)C(=O)NC(CCCCN)C(=O)N[C@@H](CCCCN)C(=O)NC(CCCCN)C(=O)N[C@H](C=O)CCCCN)OC(=O)CCCCCCCCCCCCCCC. The largest absolute Gasteiger partial charge is 0.462 e. The van der Waals surface area contributed by atoms with E-state index >= 15 is 0 Å². The van der Waals surface area contributed by atoms with E-state index in [4.69, 9.17) is 32.4 Å². The number of aldehydes is 1. The van der Waals surface area contributed by atoms with E-state index in [1.54, 1.807) is 0 Å². The maximum absolute atomic E-state index is 14.4. The molecule has 7 atom stereocenters. The number of unbranched alkanes of at least 4 members (excludes halogenated alkanes) is 39. The van der Waals surface area contributed by atoms with Gasteiger partial charge in [-0.15, -0.1) is 0 Å². The first-order chi connectivity index (χ1) is 51.6. The molecule has 2 unspecified atom stereocenters. The highest BCUT2D eigenvalue weighted by Gasteiger charge is 2.33. The third-order valence-electron chi connectivity index (χ3n) is 19.4. The summed E-state index contributed by atoms with van der Waals surface area (Å²) in [6, 6.07) is -7.19. The monoisotopic (exact) mass is 1520 g/mol. The van der Waals surface area contributed by atoms with Gasteiger partial charge in [0.1, 0.15) is 49.2 Å². The Kier molecular flexibility index (Phi) is 76.9. The highest BCUT2D eigenvalue weighted by molar-refractivity contribution is 7.99. The number of hydrogen-bond donors (Lipinski definition) is 11. The Morgan fingerprint density at radius 3 is 0.962 bits per heavy atom. The lowest BCUT2D eigenvalue weighted by atomic mass is 10.0. The highest BCUT2D eigenvalue weighted by atomic mass is 32.2. The Morgan fingerprint density at radius 1 is 0.330 bits per heavy atom. The molecule has 0 radical (unpaired) electrons. The van der Waals surface area contributed by atoms with Gasteiger partial charge in [-0.2, -0.15) is 11.8 Å². The minimum atomic E-state index is -1.60. The zero-order chi connectivity index (χ0) is 78.6. The second-order valence-corrected chi connectivity index (χ2v) is 30.6. The molecule has 0 heterocycles. The lowest BCUT2D eigenvalue weighted by Gasteiger charge is -2.27. The van der Waals surface area contributed by atoms with Crippen LogP contribution in [0.4, 0.5) is 0 Å². The molecule has 0 spiro atoms. The van der Waals surface area contributed by atoms with Gasteiger partial charge in [-0.1, -0.05) is 266 Å². The standard InChI is InChI=1S/C75H144N10O12S.C8H18/c1-4-7-10-13-16-18-20-22-24-26-29-32-35-50-69(89)96-58-62(97-70(90)51-36-33-30-27-25-23-21-19-17-14-11-8-5-2)59-98-60-67(81-68(88)49-34-31-28-15-12-9-6-3)75(95)85-66(57-87)74(94)84-65(48-40-44-55-79)73(93)83-64(47-39-43-54-78)72(92)82-63(46-38-42-53-77)71(91)80-61(56-86)45-37-41-52-76;1-3-5-7-8-6-4-2/h56,61-67,87H,4-55,57-60,76-79H2,1-3H3,(H,80,91)(H,81,88)(H,82,92)(H,83,93)(H,84,94)(H,85,95);3-8H2,1-2H3/t61-,62+,63?,64-,65?,66-,67-;/m0./s1. The molecule has 0 aromatic carbocycles. The van der Waals surface area contributed by atoms with Crippen molar-refractivity contribution in [2.45, 2.75) is 424 Å². The third kappa shape index (κ3) is 64.4. The second-order valence-electron chi connectivity index (χ2n) is 29.5. The quantitative estimate of drug-likeness (QED) is 0.0153. The molecule has 622 valence electrons. The van der Waals surface area contributed by atoms with Crippen LogP contribution in [-0.2, 0) is 52.6 Å². The van der Waals surface area contributed by atoms with Gasteiger partial charge in [0.05, 0.1) is 12.6 Å². The number of aliphatic hydroxyl groups excluding tert-OH is 1. The molecule has 0 aliphatic rings. The molecule has 15 N–H and O–H groups in total. The normalized spacial score (nSPS) is 13.2. The zero-order valence-electron chi connectivity index (χ0n) is 68.1. The molecule has 106 heavy (non-hydrogen) atoms. The predicted octanol–water partition coefficient (Wildman–Crippen LogP) is 14.3. The number of carbonyl (C=O) groups is 9. The van der Waals surface area contributed by atoms with Crippen molar-refractivity contribution in [2.24, 2.45) is 22.9 Å². The molecule has 22 nitrogen and oxygen atoms in total. The van der Waals surface area contributed by atoms with Crippen molar-refractivity contribution in [1.29, 1.82) is 0 Å². The van der Waals surface area contributed by atoms with Crippen LogP contribution in [0.2, 0.25) is 0 Å². The molecule has 0 aromatic rings. The first kappa shape index (κ1) is 104. The summed E-state index contributed by atoms with van der Waals surface area (Å²) >= 11 is 1.20. The van der Waals surface area contributed by atoms with Gasteiger partial charge in [-0.3, -0.25) is 38.4 Å². The molecule has 0 saturated carbocycles. The van der Waals surface area contributed by atoms with Crippen molar-refractivity contribution in [2.75, 3.05) is 50.9 Å². The lowest BCUT2D eigenvalue weighted by Crippen LogP contribution is -2.60.